The molecule has 1 unspecified atom stereocenters. The monoisotopic (exact) mass is 601 g/mol. The van der Waals surface area contributed by atoms with Crippen LogP contribution < -0.4 is 10.1 Å². The molecular formula is C36H41F2N3O3. The first-order valence-electron chi connectivity index (χ1n) is 15.4. The predicted octanol–water partition coefficient (Wildman–Crippen LogP) is 8.94. The van der Waals surface area contributed by atoms with Gasteiger partial charge < -0.3 is 14.8 Å². The number of carbonyl (C=O) groups is 1. The summed E-state index contributed by atoms with van der Waals surface area (Å²) in [6, 6.07) is 12.9. The van der Waals surface area contributed by atoms with Gasteiger partial charge in [0.1, 0.15) is 12.4 Å². The molecule has 8 heteroatoms. The Bertz CT molecular complexity index is 1560. The molecule has 232 valence electrons. The molecule has 3 aromatic rings. The summed E-state index contributed by atoms with van der Waals surface area (Å²) >= 11 is 0. The molecule has 1 aromatic heterocycles. The van der Waals surface area contributed by atoms with Crippen LogP contribution in [0.3, 0.4) is 0 Å². The minimum Gasteiger partial charge on any atom is -0.488 e. The zero-order valence-electron chi connectivity index (χ0n) is 25.9. The normalized spacial score (nSPS) is 19.0. The van der Waals surface area contributed by atoms with Gasteiger partial charge >= 0.3 is 0 Å². The Morgan fingerprint density at radius 1 is 1.14 bits per heavy atom. The van der Waals surface area contributed by atoms with Gasteiger partial charge in [-0.1, -0.05) is 30.7 Å². The molecule has 0 fully saturated rings. The van der Waals surface area contributed by atoms with Crippen molar-refractivity contribution in [3.8, 4) is 17.0 Å². The average molecular weight is 602 g/mol. The number of aryl methyl sites for hydroxylation is 1. The van der Waals surface area contributed by atoms with Crippen LogP contribution in [0.5, 0.6) is 5.75 Å². The Morgan fingerprint density at radius 3 is 2.68 bits per heavy atom. The van der Waals surface area contributed by atoms with Crippen LogP contribution in [0.15, 0.2) is 72.5 Å². The second kappa shape index (κ2) is 14.2. The number of halogens is 2. The third-order valence-electron chi connectivity index (χ3n) is 8.15. The molecule has 2 aliphatic heterocycles. The average Bonchev–Trinajstić information content (AvgIpc) is 3.22. The standard InChI is InChI=1S/C36H41F2N3O3/c1-23(8-10-27-11-9-25(3)44-26(4)20-27)35(42)31-17-14-29(19-24(31)2)40-32-7-5-6-18-41-33(21-39-36(32)41)28-12-15-30(16-13-28)43-22-34(37)38/h6-7,11-19,21,23,25-26,34,40H,5,8-10,20,22H2,1-4H3/t23?,25-,26+/m0/s1. The van der Waals surface area contributed by atoms with E-state index in [2.05, 4.69) is 37.4 Å². The Labute approximate surface area is 258 Å². The molecule has 0 spiro atoms. The molecule has 6 nitrogen and oxygen atoms in total. The third kappa shape index (κ3) is 7.72. The lowest BCUT2D eigenvalue weighted by atomic mass is 9.90. The summed E-state index contributed by atoms with van der Waals surface area (Å²) < 4.78 is 38.1. The van der Waals surface area contributed by atoms with Crippen LogP contribution in [0.25, 0.3) is 23.2 Å². The van der Waals surface area contributed by atoms with E-state index in [9.17, 15) is 13.6 Å². The molecule has 2 aliphatic rings. The molecular weight excluding hydrogens is 560 g/mol. The van der Waals surface area contributed by atoms with Crippen LogP contribution in [0.4, 0.5) is 14.5 Å². The maximum absolute atomic E-state index is 13.4. The van der Waals surface area contributed by atoms with Crippen LogP contribution in [0, 0.1) is 12.8 Å². The molecule has 44 heavy (non-hydrogen) atoms. The van der Waals surface area contributed by atoms with Crippen molar-refractivity contribution in [3.05, 3.63) is 89.4 Å². The van der Waals surface area contributed by atoms with Gasteiger partial charge in [-0.05, 0) is 101 Å². The molecule has 3 atom stereocenters. The van der Waals surface area contributed by atoms with Gasteiger partial charge in [-0.15, -0.1) is 0 Å². The van der Waals surface area contributed by atoms with Gasteiger partial charge in [0, 0.05) is 28.9 Å². The maximum Gasteiger partial charge on any atom is 0.272 e. The van der Waals surface area contributed by atoms with E-state index in [0.29, 0.717) is 5.75 Å². The highest BCUT2D eigenvalue weighted by molar-refractivity contribution is 5.99. The molecule has 0 radical (unpaired) electrons. The summed E-state index contributed by atoms with van der Waals surface area (Å²) in [7, 11) is 0. The minimum absolute atomic E-state index is 0.0724. The third-order valence-corrected chi connectivity index (χ3v) is 8.15. The number of ether oxygens (including phenoxy) is 2. The number of anilines is 1. The second-order valence-electron chi connectivity index (χ2n) is 11.8. The molecule has 0 saturated carbocycles. The maximum atomic E-state index is 13.4. The first-order valence-corrected chi connectivity index (χ1v) is 15.4. The Kier molecular flexibility index (Phi) is 10.1. The second-order valence-corrected chi connectivity index (χ2v) is 11.8. The number of allylic oxidation sites excluding steroid dienone is 2. The van der Waals surface area contributed by atoms with E-state index in [1.165, 1.54) is 5.57 Å². The van der Waals surface area contributed by atoms with Gasteiger partial charge in [-0.3, -0.25) is 9.36 Å². The number of nitrogens with one attached hydrogen (secondary N) is 1. The van der Waals surface area contributed by atoms with E-state index in [0.717, 1.165) is 71.7 Å². The lowest BCUT2D eigenvalue weighted by Crippen LogP contribution is -2.15. The molecule has 0 aliphatic carbocycles. The summed E-state index contributed by atoms with van der Waals surface area (Å²) in [5.41, 5.74) is 6.57. The fourth-order valence-corrected chi connectivity index (χ4v) is 5.82. The highest BCUT2D eigenvalue weighted by Crippen LogP contribution is 2.31. The van der Waals surface area contributed by atoms with Crippen LogP contribution in [-0.4, -0.2) is 40.6 Å². The molecule has 0 bridgehead atoms. The zero-order chi connectivity index (χ0) is 31.2. The largest absolute Gasteiger partial charge is 0.488 e. The molecule has 1 N–H and O–H groups in total. The molecule has 0 saturated heterocycles. The van der Waals surface area contributed by atoms with E-state index >= 15 is 0 Å². The number of imidazole rings is 1. The Morgan fingerprint density at radius 2 is 1.93 bits per heavy atom. The van der Waals surface area contributed by atoms with Crippen LogP contribution in [0.2, 0.25) is 0 Å². The fourth-order valence-electron chi connectivity index (χ4n) is 5.82. The summed E-state index contributed by atoms with van der Waals surface area (Å²) in [5, 5.41) is 3.51. The van der Waals surface area contributed by atoms with E-state index in [1.807, 2.05) is 54.9 Å². The van der Waals surface area contributed by atoms with Crippen molar-refractivity contribution < 1.29 is 23.0 Å². The SMILES string of the molecule is Cc1cc(NC2=CCC=Cn3c(-c4ccc(OCC(F)F)cc4)cnc32)ccc1C(=O)C(C)CCC1=CC[C@H](C)O[C@H](C)C1. The lowest BCUT2D eigenvalue weighted by molar-refractivity contribution is 0.0151. The van der Waals surface area contributed by atoms with Gasteiger partial charge in [0.2, 0.25) is 0 Å². The quantitative estimate of drug-likeness (QED) is 0.176. The number of alkyl halides is 2. The number of Topliss-reactive ketones (excluding diaryl/α,β-unsaturated/α-hetero) is 1. The number of ketones is 1. The number of fused-ring (bicyclic) bond motifs is 1. The summed E-state index contributed by atoms with van der Waals surface area (Å²) in [6.07, 6.45) is 12.5. The number of carbonyl (C=O) groups excluding carboxylic acids is 1. The Hall–Kier alpha value is -4.04. The van der Waals surface area contributed by atoms with Crippen molar-refractivity contribution in [2.24, 2.45) is 5.92 Å². The highest BCUT2D eigenvalue weighted by atomic mass is 19.3. The van der Waals surface area contributed by atoms with Crippen LogP contribution in [-0.2, 0) is 4.74 Å². The van der Waals surface area contributed by atoms with Crippen molar-refractivity contribution in [2.75, 3.05) is 11.9 Å². The van der Waals surface area contributed by atoms with Gasteiger partial charge in [-0.25, -0.2) is 13.8 Å². The van der Waals surface area contributed by atoms with Gasteiger partial charge in [-0.2, -0.15) is 0 Å². The van der Waals surface area contributed by atoms with E-state index in [-0.39, 0.29) is 23.9 Å². The van der Waals surface area contributed by atoms with Crippen LogP contribution in [0.1, 0.15) is 74.6 Å². The van der Waals surface area contributed by atoms with Gasteiger partial charge in [0.05, 0.1) is 29.8 Å². The lowest BCUT2D eigenvalue weighted by Gasteiger charge is -2.17. The van der Waals surface area contributed by atoms with Gasteiger partial charge in [0.15, 0.2) is 11.6 Å². The number of nitrogens with zero attached hydrogens (tertiary/aromatic N) is 2. The zero-order valence-corrected chi connectivity index (χ0v) is 25.9. The number of rotatable bonds is 11. The van der Waals surface area contributed by atoms with Crippen molar-refractivity contribution in [1.82, 2.24) is 9.55 Å². The molecule has 5 rings (SSSR count). The molecule has 0 amide bonds. The van der Waals surface area contributed by atoms with Crippen molar-refractivity contribution in [2.45, 2.75) is 78.4 Å². The predicted molar refractivity (Wildman–Crippen MR) is 172 cm³/mol. The molecule has 2 aromatic carbocycles. The first kappa shape index (κ1) is 31.4. The van der Waals surface area contributed by atoms with Crippen molar-refractivity contribution >= 4 is 23.4 Å². The number of aromatic nitrogens is 2. The fraction of sp³-hybridized carbons (Fsp3) is 0.389. The number of benzene rings is 2. The Balaban J connectivity index is 1.25. The van der Waals surface area contributed by atoms with Crippen molar-refractivity contribution in [3.63, 3.8) is 0 Å². The minimum atomic E-state index is -2.52. The highest BCUT2D eigenvalue weighted by Gasteiger charge is 2.21. The topological polar surface area (TPSA) is 65.4 Å². The molecule has 3 heterocycles. The first-order chi connectivity index (χ1) is 21.2. The smallest absolute Gasteiger partial charge is 0.272 e. The van der Waals surface area contributed by atoms with E-state index < -0.39 is 13.0 Å². The van der Waals surface area contributed by atoms with Crippen LogP contribution >= 0.6 is 0 Å². The number of hydrogen-bond acceptors (Lipinski definition) is 5. The summed E-state index contributed by atoms with van der Waals surface area (Å²) in [4.78, 5) is 18.1. The number of hydrogen-bond donors (Lipinski definition) is 1. The van der Waals surface area contributed by atoms with Gasteiger partial charge in [0.25, 0.3) is 6.43 Å². The van der Waals surface area contributed by atoms with Crippen molar-refractivity contribution in [1.29, 1.82) is 0 Å². The van der Waals surface area contributed by atoms with E-state index in [4.69, 9.17) is 14.5 Å². The summed E-state index contributed by atoms with van der Waals surface area (Å²) in [6.45, 7) is 7.60. The van der Waals surface area contributed by atoms with E-state index in [1.54, 1.807) is 18.3 Å². The summed E-state index contributed by atoms with van der Waals surface area (Å²) in [5.74, 6) is 1.24.